The molecule has 2 aromatic rings. The Morgan fingerprint density at radius 3 is 2.20 bits per heavy atom. The minimum absolute atomic E-state index is 0.0231. The number of benzene rings is 2. The topological polar surface area (TPSA) is 75.8 Å². The van der Waals surface area contributed by atoms with E-state index in [0.717, 1.165) is 19.2 Å². The van der Waals surface area contributed by atoms with Crippen LogP contribution >= 0.6 is 23.2 Å². The zero-order valence-electron chi connectivity index (χ0n) is 12.3. The summed E-state index contributed by atoms with van der Waals surface area (Å²) >= 11 is 11.6. The Morgan fingerprint density at radius 2 is 1.76 bits per heavy atom. The van der Waals surface area contributed by atoms with Gasteiger partial charge in [0, 0.05) is 19.2 Å². The molecule has 2 aromatic carbocycles. The van der Waals surface area contributed by atoms with Crippen LogP contribution in [0, 0.1) is 10.1 Å². The minimum atomic E-state index is -4.63. The van der Waals surface area contributed by atoms with Gasteiger partial charge >= 0.3 is 6.18 Å². The molecule has 0 aliphatic rings. The lowest BCUT2D eigenvalue weighted by Crippen LogP contribution is -2.12. The highest BCUT2D eigenvalue weighted by molar-refractivity contribution is 6.37. The highest BCUT2D eigenvalue weighted by Crippen LogP contribution is 2.42. The molecule has 0 saturated carbocycles. The molecule has 0 unspecified atom stereocenters. The van der Waals surface area contributed by atoms with Crippen molar-refractivity contribution in [1.82, 2.24) is 0 Å². The number of rotatable bonds is 4. The second-order valence-electron chi connectivity index (χ2n) is 4.80. The summed E-state index contributed by atoms with van der Waals surface area (Å²) in [5, 5.41) is 20.1. The van der Waals surface area contributed by atoms with Crippen molar-refractivity contribution in [1.29, 1.82) is 0 Å². The Morgan fingerprint density at radius 1 is 1.20 bits per heavy atom. The lowest BCUT2D eigenvalue weighted by molar-refractivity contribution is -0.384. The van der Waals surface area contributed by atoms with Gasteiger partial charge in [0.1, 0.15) is 11.4 Å². The van der Waals surface area contributed by atoms with Crippen LogP contribution in [0.3, 0.4) is 0 Å². The van der Waals surface area contributed by atoms with Gasteiger partial charge in [-0.25, -0.2) is 0 Å². The summed E-state index contributed by atoms with van der Waals surface area (Å²) < 4.78 is 43.5. The highest BCUT2D eigenvalue weighted by Gasteiger charge is 2.32. The maximum absolute atomic E-state index is 12.7. The molecular weight excluding hydrogens is 388 g/mol. The fraction of sp³-hybridized carbons (Fsp3) is 0.143. The summed E-state index contributed by atoms with van der Waals surface area (Å²) in [6, 6.07) is 4.65. The van der Waals surface area contributed by atoms with Gasteiger partial charge in [-0.3, -0.25) is 20.4 Å². The monoisotopic (exact) mass is 396 g/mol. The van der Waals surface area contributed by atoms with Crippen molar-refractivity contribution in [2.24, 2.45) is 0 Å². The van der Waals surface area contributed by atoms with Crippen molar-refractivity contribution in [3.8, 4) is 11.5 Å². The van der Waals surface area contributed by atoms with Crippen molar-refractivity contribution >= 4 is 34.6 Å². The molecule has 0 aromatic heterocycles. The van der Waals surface area contributed by atoms with Crippen molar-refractivity contribution in [2.45, 2.75) is 6.18 Å². The smallest absolute Gasteiger partial charge is 0.416 e. The van der Waals surface area contributed by atoms with Crippen molar-refractivity contribution in [3.63, 3.8) is 0 Å². The standard InChI is InChI=1S/C14H9Cl2F3N2O4/c1-20(22)12-6-8(2-3-11(12)21(23)24)25-13-9(15)4-7(5-10(13)16)14(17,18)19/h2-6,22H,1H3. The predicted octanol–water partition coefficient (Wildman–Crippen LogP) is 5.54. The van der Waals surface area contributed by atoms with Gasteiger partial charge in [0.15, 0.2) is 5.75 Å². The molecule has 25 heavy (non-hydrogen) atoms. The van der Waals surface area contributed by atoms with Crippen LogP contribution < -0.4 is 9.80 Å². The Balaban J connectivity index is 2.44. The van der Waals surface area contributed by atoms with E-state index in [-0.39, 0.29) is 17.2 Å². The number of hydrogen-bond donors (Lipinski definition) is 1. The Kier molecular flexibility index (Phi) is 5.31. The summed E-state index contributed by atoms with van der Waals surface area (Å²) in [5.41, 5.74) is -1.64. The molecule has 134 valence electrons. The van der Waals surface area contributed by atoms with E-state index in [0.29, 0.717) is 17.2 Å². The summed E-state index contributed by atoms with van der Waals surface area (Å²) in [6.07, 6.45) is -4.63. The van der Waals surface area contributed by atoms with E-state index in [1.165, 1.54) is 6.07 Å². The normalized spacial score (nSPS) is 11.3. The van der Waals surface area contributed by atoms with Crippen molar-refractivity contribution in [2.75, 3.05) is 12.1 Å². The molecular formula is C14H9Cl2F3N2O4. The van der Waals surface area contributed by atoms with Crippen LogP contribution in [0.5, 0.6) is 11.5 Å². The van der Waals surface area contributed by atoms with Crippen LogP contribution in [0.1, 0.15) is 5.56 Å². The number of nitro groups is 1. The SMILES string of the molecule is CN(O)c1cc(Oc2c(Cl)cc(C(F)(F)F)cc2Cl)ccc1[N+](=O)[O-]. The van der Waals surface area contributed by atoms with Crippen LogP contribution in [0.15, 0.2) is 30.3 Å². The van der Waals surface area contributed by atoms with Gasteiger partial charge in [0.2, 0.25) is 0 Å². The number of nitrogens with zero attached hydrogens (tertiary/aromatic N) is 2. The third kappa shape index (κ3) is 4.25. The molecule has 0 aliphatic heterocycles. The molecule has 0 saturated heterocycles. The second-order valence-corrected chi connectivity index (χ2v) is 5.61. The molecule has 2 rings (SSSR count). The average molecular weight is 397 g/mol. The first kappa shape index (κ1) is 19.1. The number of nitro benzene ring substituents is 1. The van der Waals surface area contributed by atoms with E-state index < -0.39 is 32.4 Å². The van der Waals surface area contributed by atoms with E-state index in [1.54, 1.807) is 0 Å². The van der Waals surface area contributed by atoms with Gasteiger partial charge in [-0.05, 0) is 18.2 Å². The van der Waals surface area contributed by atoms with Crippen molar-refractivity contribution < 1.29 is 28.0 Å². The Labute approximate surface area is 149 Å². The van der Waals surface area contributed by atoms with Gasteiger partial charge in [-0.15, -0.1) is 0 Å². The largest absolute Gasteiger partial charge is 0.454 e. The number of anilines is 1. The lowest BCUT2D eigenvalue weighted by atomic mass is 10.2. The Bertz CT molecular complexity index is 805. The van der Waals surface area contributed by atoms with Gasteiger partial charge in [-0.1, -0.05) is 23.2 Å². The first-order valence-corrected chi connectivity index (χ1v) is 7.21. The van der Waals surface area contributed by atoms with E-state index in [9.17, 15) is 28.5 Å². The predicted molar refractivity (Wildman–Crippen MR) is 84.8 cm³/mol. The third-order valence-electron chi connectivity index (χ3n) is 3.04. The molecule has 0 amide bonds. The number of halogens is 5. The van der Waals surface area contributed by atoms with Crippen molar-refractivity contribution in [3.05, 3.63) is 56.1 Å². The zero-order chi connectivity index (χ0) is 18.9. The van der Waals surface area contributed by atoms with E-state index in [2.05, 4.69) is 0 Å². The molecule has 0 aliphatic carbocycles. The second kappa shape index (κ2) is 6.95. The summed E-state index contributed by atoms with van der Waals surface area (Å²) in [4.78, 5) is 10.2. The fourth-order valence-corrected chi connectivity index (χ4v) is 2.48. The minimum Gasteiger partial charge on any atom is -0.454 e. The molecule has 0 spiro atoms. The van der Waals surface area contributed by atoms with Gasteiger partial charge in [0.25, 0.3) is 5.69 Å². The highest BCUT2D eigenvalue weighted by atomic mass is 35.5. The molecule has 0 bridgehead atoms. The molecule has 0 radical (unpaired) electrons. The van der Waals surface area contributed by atoms with Crippen LogP contribution in [-0.2, 0) is 6.18 Å². The van der Waals surface area contributed by atoms with Gasteiger partial charge < -0.3 is 4.74 Å². The lowest BCUT2D eigenvalue weighted by Gasteiger charge is -2.15. The first-order chi connectivity index (χ1) is 11.5. The number of hydroxylamine groups is 1. The summed E-state index contributed by atoms with van der Waals surface area (Å²) in [7, 11) is 1.16. The fourth-order valence-electron chi connectivity index (χ4n) is 1.92. The average Bonchev–Trinajstić information content (AvgIpc) is 2.49. The number of ether oxygens (including phenoxy) is 1. The van der Waals surface area contributed by atoms with Crippen LogP contribution in [0.25, 0.3) is 0 Å². The van der Waals surface area contributed by atoms with Crippen LogP contribution in [-0.4, -0.2) is 17.2 Å². The summed E-state index contributed by atoms with van der Waals surface area (Å²) in [6.45, 7) is 0. The Hall–Kier alpha value is -2.23. The molecule has 11 heteroatoms. The number of alkyl halides is 3. The molecule has 0 atom stereocenters. The quantitative estimate of drug-likeness (QED) is 0.542. The molecule has 0 heterocycles. The maximum Gasteiger partial charge on any atom is 0.416 e. The van der Waals surface area contributed by atoms with Gasteiger partial charge in [-0.2, -0.15) is 13.2 Å². The number of hydrogen-bond acceptors (Lipinski definition) is 5. The first-order valence-electron chi connectivity index (χ1n) is 6.46. The molecule has 0 fully saturated rings. The maximum atomic E-state index is 12.7. The van der Waals surface area contributed by atoms with Crippen LogP contribution in [0.4, 0.5) is 24.5 Å². The van der Waals surface area contributed by atoms with Gasteiger partial charge in [0.05, 0.1) is 20.5 Å². The van der Waals surface area contributed by atoms with Crippen LogP contribution in [0.2, 0.25) is 10.0 Å². The zero-order valence-corrected chi connectivity index (χ0v) is 13.9. The van der Waals surface area contributed by atoms with E-state index in [1.807, 2.05) is 0 Å². The summed E-state index contributed by atoms with van der Waals surface area (Å²) in [5.74, 6) is -0.276. The van der Waals surface area contributed by atoms with E-state index >= 15 is 0 Å². The molecule has 6 nitrogen and oxygen atoms in total. The van der Waals surface area contributed by atoms with E-state index in [4.69, 9.17) is 27.9 Å². The molecule has 1 N–H and O–H groups in total. The third-order valence-corrected chi connectivity index (χ3v) is 3.60.